The number of rotatable bonds is 3. The summed E-state index contributed by atoms with van der Waals surface area (Å²) in [6, 6.07) is 0. The molecular formula is C9H14N8O4. The molecule has 2 aromatic rings. The van der Waals surface area contributed by atoms with E-state index in [1.54, 1.807) is 0 Å². The molecule has 3 heterocycles. The summed E-state index contributed by atoms with van der Waals surface area (Å²) in [7, 11) is 0. The molecule has 8 N–H and O–H groups in total. The van der Waals surface area contributed by atoms with Crippen LogP contribution in [0.5, 0.6) is 0 Å². The molecule has 1 aliphatic rings. The molecule has 0 saturated carbocycles. The highest BCUT2D eigenvalue weighted by molar-refractivity contribution is 5.82. The Hall–Kier alpha value is -2.12. The molecule has 0 unspecified atom stereocenters. The van der Waals surface area contributed by atoms with E-state index in [2.05, 4.69) is 25.7 Å². The van der Waals surface area contributed by atoms with Gasteiger partial charge in [-0.25, -0.2) is 5.84 Å². The van der Waals surface area contributed by atoms with Crippen molar-refractivity contribution in [1.29, 1.82) is 0 Å². The van der Waals surface area contributed by atoms with Crippen LogP contribution >= 0.6 is 0 Å². The highest BCUT2D eigenvalue weighted by Gasteiger charge is 2.44. The molecule has 0 aromatic carbocycles. The van der Waals surface area contributed by atoms with Gasteiger partial charge < -0.3 is 25.8 Å². The molecule has 0 aliphatic carbocycles. The largest absolute Gasteiger partial charge is 0.394 e. The average molecular weight is 298 g/mol. The minimum absolute atomic E-state index is 0.0373. The average Bonchev–Trinajstić information content (AvgIpc) is 3.02. The van der Waals surface area contributed by atoms with E-state index in [0.717, 1.165) is 4.68 Å². The first-order valence-corrected chi connectivity index (χ1v) is 6.04. The molecule has 0 spiro atoms. The molecule has 21 heavy (non-hydrogen) atoms. The number of aromatic nitrogens is 5. The van der Waals surface area contributed by atoms with Crippen molar-refractivity contribution < 1.29 is 20.1 Å². The van der Waals surface area contributed by atoms with E-state index in [0.29, 0.717) is 0 Å². The summed E-state index contributed by atoms with van der Waals surface area (Å²) in [6.45, 7) is -0.450. The summed E-state index contributed by atoms with van der Waals surface area (Å²) in [6.07, 6.45) is -4.57. The highest BCUT2D eigenvalue weighted by Crippen LogP contribution is 2.31. The predicted molar refractivity (Wildman–Crippen MR) is 68.3 cm³/mol. The standard InChI is InChI=1S/C9H14N8O4/c10-6-3-7(13-9(12-6)14-11)17(16-15-3)8-5(20)4(19)2(1-18)21-8/h2,4-5,8,18-20H,1,11H2,(H3,10,12,13,14)/t2-,4-,5+,8+/m1/s1. The maximum atomic E-state index is 10.00. The Morgan fingerprint density at radius 1 is 1.29 bits per heavy atom. The van der Waals surface area contributed by atoms with Crippen molar-refractivity contribution in [1.82, 2.24) is 25.0 Å². The predicted octanol–water partition coefficient (Wildman–Crippen LogP) is -3.30. The molecule has 114 valence electrons. The number of fused-ring (bicyclic) bond motifs is 1. The number of anilines is 2. The van der Waals surface area contributed by atoms with Crippen LogP contribution in [0.1, 0.15) is 6.23 Å². The number of aliphatic hydroxyl groups is 3. The van der Waals surface area contributed by atoms with Crippen molar-refractivity contribution in [3.63, 3.8) is 0 Å². The van der Waals surface area contributed by atoms with Crippen molar-refractivity contribution in [2.24, 2.45) is 5.84 Å². The number of hydrogen-bond donors (Lipinski definition) is 6. The molecule has 0 amide bonds. The van der Waals surface area contributed by atoms with Gasteiger partial charge in [0, 0.05) is 0 Å². The van der Waals surface area contributed by atoms with Crippen molar-refractivity contribution in [3.8, 4) is 0 Å². The zero-order valence-electron chi connectivity index (χ0n) is 10.7. The lowest BCUT2D eigenvalue weighted by Gasteiger charge is -2.14. The van der Waals surface area contributed by atoms with Gasteiger partial charge in [0.25, 0.3) is 0 Å². The molecule has 0 radical (unpaired) electrons. The smallest absolute Gasteiger partial charge is 0.241 e. The third-order valence-corrected chi connectivity index (χ3v) is 3.24. The molecule has 3 rings (SSSR count). The minimum atomic E-state index is -1.31. The number of ether oxygens (including phenoxy) is 1. The number of hydrogen-bond acceptors (Lipinski definition) is 11. The lowest BCUT2D eigenvalue weighted by molar-refractivity contribution is -0.0574. The van der Waals surface area contributed by atoms with E-state index in [9.17, 15) is 10.2 Å². The Bertz CT molecular complexity index is 662. The van der Waals surface area contributed by atoms with Gasteiger partial charge in [-0.3, -0.25) is 5.43 Å². The lowest BCUT2D eigenvalue weighted by atomic mass is 10.1. The second kappa shape index (κ2) is 5.01. The van der Waals surface area contributed by atoms with Gasteiger partial charge in [0.15, 0.2) is 23.2 Å². The van der Waals surface area contributed by atoms with E-state index < -0.39 is 31.1 Å². The Morgan fingerprint density at radius 3 is 2.67 bits per heavy atom. The van der Waals surface area contributed by atoms with E-state index >= 15 is 0 Å². The molecule has 0 bridgehead atoms. The number of hydrazine groups is 1. The molecule has 1 aliphatic heterocycles. The first kappa shape index (κ1) is 13.8. The van der Waals surface area contributed by atoms with Gasteiger partial charge >= 0.3 is 0 Å². The molecular weight excluding hydrogens is 284 g/mol. The lowest BCUT2D eigenvalue weighted by Crippen LogP contribution is -2.33. The number of nitrogens with one attached hydrogen (secondary N) is 1. The maximum Gasteiger partial charge on any atom is 0.241 e. The fourth-order valence-corrected chi connectivity index (χ4v) is 2.17. The van der Waals surface area contributed by atoms with E-state index in [1.807, 2.05) is 0 Å². The van der Waals surface area contributed by atoms with Crippen molar-refractivity contribution in [2.75, 3.05) is 17.8 Å². The van der Waals surface area contributed by atoms with Crippen LogP contribution in [0.4, 0.5) is 11.8 Å². The van der Waals surface area contributed by atoms with Crippen LogP contribution in [0.3, 0.4) is 0 Å². The maximum absolute atomic E-state index is 10.00. The van der Waals surface area contributed by atoms with Crippen molar-refractivity contribution in [2.45, 2.75) is 24.5 Å². The number of aliphatic hydroxyl groups excluding tert-OH is 3. The summed E-state index contributed by atoms with van der Waals surface area (Å²) in [5.74, 6) is 5.33. The SMILES string of the molecule is NNc1nc(N)c2nnn([C@H]3O[C@H](CO)[C@@H](O)[C@@H]3O)c2n1. The third kappa shape index (κ3) is 2.05. The Morgan fingerprint density at radius 2 is 2.05 bits per heavy atom. The summed E-state index contributed by atoms with van der Waals surface area (Å²) < 4.78 is 6.51. The zero-order valence-corrected chi connectivity index (χ0v) is 10.7. The minimum Gasteiger partial charge on any atom is -0.394 e. The Labute approximate surface area is 117 Å². The molecule has 2 aromatic heterocycles. The van der Waals surface area contributed by atoms with Crippen LogP contribution in [-0.4, -0.2) is 65.2 Å². The van der Waals surface area contributed by atoms with E-state index in [-0.39, 0.29) is 22.9 Å². The van der Waals surface area contributed by atoms with Crippen LogP contribution in [0.25, 0.3) is 11.2 Å². The van der Waals surface area contributed by atoms with Crippen LogP contribution in [0.2, 0.25) is 0 Å². The molecule has 1 saturated heterocycles. The second-order valence-electron chi connectivity index (χ2n) is 4.51. The molecule has 12 heteroatoms. The number of nitrogens with two attached hydrogens (primary N) is 2. The van der Waals surface area contributed by atoms with Crippen molar-refractivity contribution >= 4 is 22.9 Å². The summed E-state index contributed by atoms with van der Waals surface area (Å²) in [5.41, 5.74) is 8.32. The van der Waals surface area contributed by atoms with Crippen molar-refractivity contribution in [3.05, 3.63) is 0 Å². The number of nitrogens with zero attached hydrogens (tertiary/aromatic N) is 5. The van der Waals surface area contributed by atoms with Gasteiger partial charge in [-0.05, 0) is 0 Å². The van der Waals surface area contributed by atoms with Gasteiger partial charge in [0.05, 0.1) is 6.61 Å². The first-order valence-electron chi connectivity index (χ1n) is 6.04. The Kier molecular flexibility index (Phi) is 3.30. The summed E-state index contributed by atoms with van der Waals surface area (Å²) >= 11 is 0. The van der Waals surface area contributed by atoms with Crippen LogP contribution in [0.15, 0.2) is 0 Å². The van der Waals surface area contributed by atoms with Gasteiger partial charge in [-0.15, -0.1) is 5.10 Å². The molecule has 4 atom stereocenters. The zero-order chi connectivity index (χ0) is 15.1. The van der Waals surface area contributed by atoms with E-state index in [4.69, 9.17) is 21.4 Å². The van der Waals surface area contributed by atoms with Crippen LogP contribution < -0.4 is 17.0 Å². The quantitative estimate of drug-likeness (QED) is 0.246. The monoisotopic (exact) mass is 298 g/mol. The fraction of sp³-hybridized carbons (Fsp3) is 0.556. The summed E-state index contributed by atoms with van der Waals surface area (Å²) in [5, 5.41) is 36.5. The van der Waals surface area contributed by atoms with Gasteiger partial charge in [0.1, 0.15) is 18.3 Å². The van der Waals surface area contributed by atoms with Crippen LogP contribution in [0, 0.1) is 0 Å². The second-order valence-corrected chi connectivity index (χ2v) is 4.51. The fourth-order valence-electron chi connectivity index (χ4n) is 2.17. The number of nitrogen functional groups attached to an aromatic ring is 2. The third-order valence-electron chi connectivity index (χ3n) is 3.24. The topological polar surface area (TPSA) is 190 Å². The molecule has 12 nitrogen and oxygen atoms in total. The van der Waals surface area contributed by atoms with Gasteiger partial charge in [0.2, 0.25) is 5.95 Å². The van der Waals surface area contributed by atoms with Gasteiger partial charge in [-0.1, -0.05) is 5.21 Å². The highest BCUT2D eigenvalue weighted by atomic mass is 16.6. The first-order chi connectivity index (χ1) is 10.1. The summed E-state index contributed by atoms with van der Waals surface area (Å²) in [4.78, 5) is 7.89. The van der Waals surface area contributed by atoms with E-state index in [1.165, 1.54) is 0 Å². The Balaban J connectivity index is 2.07. The van der Waals surface area contributed by atoms with Crippen LogP contribution in [-0.2, 0) is 4.74 Å². The van der Waals surface area contributed by atoms with Gasteiger partial charge in [-0.2, -0.15) is 14.6 Å². The normalized spacial score (nSPS) is 29.1. The molecule has 1 fully saturated rings.